The van der Waals surface area contributed by atoms with Crippen molar-refractivity contribution in [2.45, 2.75) is 43.3 Å². The van der Waals surface area contributed by atoms with Gasteiger partial charge < -0.3 is 0 Å². The topological polar surface area (TPSA) is 97.8 Å². The Hall–Kier alpha value is -2.23. The van der Waals surface area contributed by atoms with Gasteiger partial charge in [0.1, 0.15) is 5.78 Å². The zero-order valence-electron chi connectivity index (χ0n) is 19.3. The second-order valence-electron chi connectivity index (χ2n) is 10.2. The number of rotatable bonds is 5. The number of carbonyl (C=O) groups is 3. The maximum Gasteiger partial charge on any atom is 0.289 e. The zero-order valence-corrected chi connectivity index (χ0v) is 20.9. The van der Waals surface area contributed by atoms with E-state index in [1.165, 1.54) is 7.05 Å². The summed E-state index contributed by atoms with van der Waals surface area (Å²) in [6, 6.07) is 7.37. The van der Waals surface area contributed by atoms with Gasteiger partial charge in [0.2, 0.25) is 0 Å². The van der Waals surface area contributed by atoms with Gasteiger partial charge in [0, 0.05) is 34.8 Å². The largest absolute Gasteiger partial charge is 0.299 e. The molecular weight excluding hydrogens is 474 g/mol. The molecule has 1 heterocycles. The number of amides is 1. The van der Waals surface area contributed by atoms with Crippen LogP contribution in [0.1, 0.15) is 43.5 Å². The number of hydrogen-bond donors (Lipinski definition) is 0. The van der Waals surface area contributed by atoms with Crippen molar-refractivity contribution in [1.82, 2.24) is 5.06 Å². The predicted molar refractivity (Wildman–Crippen MR) is 127 cm³/mol. The lowest BCUT2D eigenvalue weighted by Gasteiger charge is -2.36. The SMILES string of the molecule is CN(OS(=O)(=O)CC12CCC(CC1=O)C2(C)C)C(=O)C1=CC2C(=O)c3ccccc3SC2C=C1. The fourth-order valence-electron chi connectivity index (χ4n) is 6.06. The molecule has 0 spiro atoms. The lowest BCUT2D eigenvalue weighted by molar-refractivity contribution is -0.146. The summed E-state index contributed by atoms with van der Waals surface area (Å²) in [5, 5.41) is 0.564. The Morgan fingerprint density at radius 1 is 1.24 bits per heavy atom. The average Bonchev–Trinajstić information content (AvgIpc) is 3.12. The Bertz CT molecular complexity index is 1260. The molecule has 3 aliphatic carbocycles. The van der Waals surface area contributed by atoms with E-state index < -0.39 is 38.5 Å². The van der Waals surface area contributed by atoms with Crippen LogP contribution in [0.5, 0.6) is 0 Å². The van der Waals surface area contributed by atoms with E-state index in [1.54, 1.807) is 42.1 Å². The van der Waals surface area contributed by atoms with Gasteiger partial charge in [0.15, 0.2) is 5.78 Å². The third kappa shape index (κ3) is 3.51. The summed E-state index contributed by atoms with van der Waals surface area (Å²) in [5.74, 6) is -1.54. The molecule has 0 radical (unpaired) electrons. The molecule has 2 saturated carbocycles. The van der Waals surface area contributed by atoms with Gasteiger partial charge in [-0.15, -0.1) is 16.0 Å². The zero-order chi connectivity index (χ0) is 24.5. The monoisotopic (exact) mass is 501 g/mol. The molecule has 4 aliphatic rings. The molecule has 1 aliphatic heterocycles. The van der Waals surface area contributed by atoms with E-state index in [0.29, 0.717) is 23.5 Å². The number of allylic oxidation sites excluding steroid dienone is 1. The minimum Gasteiger partial charge on any atom is -0.299 e. The van der Waals surface area contributed by atoms with Crippen molar-refractivity contribution >= 4 is 39.4 Å². The number of fused-ring (bicyclic) bond motifs is 4. The maximum absolute atomic E-state index is 13.0. The van der Waals surface area contributed by atoms with Crippen LogP contribution in [0, 0.1) is 22.7 Å². The Balaban J connectivity index is 1.32. The number of hydroxylamine groups is 2. The number of thioether (sulfide) groups is 1. The molecule has 2 bridgehead atoms. The van der Waals surface area contributed by atoms with E-state index in [0.717, 1.165) is 11.3 Å². The quantitative estimate of drug-likeness (QED) is 0.569. The third-order valence-electron chi connectivity index (χ3n) is 8.22. The van der Waals surface area contributed by atoms with Crippen molar-refractivity contribution in [1.29, 1.82) is 0 Å². The number of likely N-dealkylation sites (N-methyl/N-ethyl adjacent to an activating group) is 1. The molecule has 5 rings (SSSR count). The highest BCUT2D eigenvalue weighted by atomic mass is 32.2. The summed E-state index contributed by atoms with van der Waals surface area (Å²) in [6.45, 7) is 3.90. The summed E-state index contributed by atoms with van der Waals surface area (Å²) >= 11 is 1.56. The number of Topliss-reactive ketones (excluding diaryl/α,β-unsaturated/α-hetero) is 2. The Labute approximate surface area is 203 Å². The first-order valence-electron chi connectivity index (χ1n) is 11.4. The van der Waals surface area contributed by atoms with Gasteiger partial charge in [-0.1, -0.05) is 50.3 Å². The van der Waals surface area contributed by atoms with Crippen LogP contribution in [0.3, 0.4) is 0 Å². The van der Waals surface area contributed by atoms with Crippen LogP contribution in [0.15, 0.2) is 53.0 Å². The first kappa shape index (κ1) is 23.5. The van der Waals surface area contributed by atoms with Crippen LogP contribution in [0.2, 0.25) is 0 Å². The molecule has 34 heavy (non-hydrogen) atoms. The van der Waals surface area contributed by atoms with E-state index >= 15 is 0 Å². The van der Waals surface area contributed by atoms with E-state index in [9.17, 15) is 22.8 Å². The van der Waals surface area contributed by atoms with Crippen molar-refractivity contribution in [2.75, 3.05) is 12.8 Å². The van der Waals surface area contributed by atoms with Gasteiger partial charge in [-0.05, 0) is 30.2 Å². The van der Waals surface area contributed by atoms with E-state index in [1.807, 2.05) is 26.0 Å². The molecule has 1 aromatic carbocycles. The van der Waals surface area contributed by atoms with E-state index in [2.05, 4.69) is 0 Å². The summed E-state index contributed by atoms with van der Waals surface area (Å²) in [7, 11) is -2.97. The van der Waals surface area contributed by atoms with Gasteiger partial charge in [-0.2, -0.15) is 8.42 Å². The van der Waals surface area contributed by atoms with Crippen LogP contribution < -0.4 is 0 Å². The molecule has 4 unspecified atom stereocenters. The fraction of sp³-hybridized carbons (Fsp3) is 0.480. The lowest BCUT2D eigenvalue weighted by atomic mass is 9.70. The molecule has 4 atom stereocenters. The van der Waals surface area contributed by atoms with Crippen molar-refractivity contribution in [3.05, 3.63) is 53.6 Å². The average molecular weight is 502 g/mol. The van der Waals surface area contributed by atoms with Crippen molar-refractivity contribution in [2.24, 2.45) is 22.7 Å². The Morgan fingerprint density at radius 3 is 2.65 bits per heavy atom. The molecule has 7 nitrogen and oxygen atoms in total. The molecule has 1 aromatic rings. The Morgan fingerprint density at radius 2 is 1.97 bits per heavy atom. The molecule has 2 fully saturated rings. The summed E-state index contributed by atoms with van der Waals surface area (Å²) < 4.78 is 31.1. The molecule has 1 amide bonds. The summed E-state index contributed by atoms with van der Waals surface area (Å²) in [4.78, 5) is 39.6. The van der Waals surface area contributed by atoms with Gasteiger partial charge >= 0.3 is 0 Å². The normalized spacial score (nSPS) is 31.1. The highest BCUT2D eigenvalue weighted by molar-refractivity contribution is 8.00. The van der Waals surface area contributed by atoms with Crippen LogP contribution in [-0.4, -0.2) is 49.0 Å². The van der Waals surface area contributed by atoms with Crippen LogP contribution in [0.4, 0.5) is 0 Å². The standard InChI is InChI=1S/C25H27NO6S2/c1-24(2)16-10-11-25(24,21(27)13-16)14-34(30,31)32-26(3)23(29)15-8-9-20-18(12-15)22(28)17-6-4-5-7-19(17)33-20/h4-9,12,16,18,20H,10-11,13-14H2,1-3H3. The maximum atomic E-state index is 13.0. The van der Waals surface area contributed by atoms with Crippen molar-refractivity contribution < 1.29 is 27.1 Å². The second kappa shape index (κ2) is 7.90. The van der Waals surface area contributed by atoms with Gasteiger partial charge in [-0.3, -0.25) is 14.4 Å². The van der Waals surface area contributed by atoms with Crippen molar-refractivity contribution in [3.63, 3.8) is 0 Å². The van der Waals surface area contributed by atoms with Gasteiger partial charge in [0.25, 0.3) is 16.0 Å². The molecular formula is C25H27NO6S2. The Kier molecular flexibility index (Phi) is 5.46. The van der Waals surface area contributed by atoms with Crippen LogP contribution >= 0.6 is 11.8 Å². The van der Waals surface area contributed by atoms with E-state index in [-0.39, 0.29) is 28.3 Å². The number of ketones is 2. The minimum atomic E-state index is -4.21. The molecule has 180 valence electrons. The van der Waals surface area contributed by atoms with E-state index in [4.69, 9.17) is 4.28 Å². The molecule has 0 aromatic heterocycles. The first-order chi connectivity index (χ1) is 15.9. The third-order valence-corrected chi connectivity index (χ3v) is 10.8. The number of hydrogen-bond acceptors (Lipinski definition) is 7. The van der Waals surface area contributed by atoms with Gasteiger partial charge in [0.05, 0.1) is 17.1 Å². The number of carbonyl (C=O) groups excluding carboxylic acids is 3. The smallest absolute Gasteiger partial charge is 0.289 e. The minimum absolute atomic E-state index is 0.0348. The summed E-state index contributed by atoms with van der Waals surface area (Å²) in [5.41, 5.74) is -0.584. The fourth-order valence-corrected chi connectivity index (χ4v) is 9.06. The molecule has 0 N–H and O–H groups in total. The molecule has 9 heteroatoms. The van der Waals surface area contributed by atoms with Crippen molar-refractivity contribution in [3.8, 4) is 0 Å². The highest BCUT2D eigenvalue weighted by Crippen LogP contribution is 2.64. The highest BCUT2D eigenvalue weighted by Gasteiger charge is 2.65. The van der Waals surface area contributed by atoms with Crippen LogP contribution in [-0.2, 0) is 24.0 Å². The number of benzene rings is 1. The molecule has 0 saturated heterocycles. The summed E-state index contributed by atoms with van der Waals surface area (Å²) in [6.07, 6.45) is 6.73. The van der Waals surface area contributed by atoms with Gasteiger partial charge in [-0.25, -0.2) is 5.06 Å². The second-order valence-corrected chi connectivity index (χ2v) is 13.0. The number of nitrogens with zero attached hydrogens (tertiary/aromatic N) is 1. The lowest BCUT2D eigenvalue weighted by Crippen LogP contribution is -2.44. The first-order valence-corrected chi connectivity index (χ1v) is 13.8. The van der Waals surface area contributed by atoms with Crippen LogP contribution in [0.25, 0.3) is 0 Å². The predicted octanol–water partition coefficient (Wildman–Crippen LogP) is 3.57.